The smallest absolute Gasteiger partial charge is 0.308 e. The fraction of sp³-hybridized carbons (Fsp3) is 0.111. The summed E-state index contributed by atoms with van der Waals surface area (Å²) in [4.78, 5) is 16.4. The second-order valence-corrected chi connectivity index (χ2v) is 5.01. The topological polar surface area (TPSA) is 54.0 Å². The normalized spacial score (nSPS) is 10.4. The maximum atomic E-state index is 12.1. The van der Waals surface area contributed by atoms with Crippen LogP contribution in [0.25, 0.3) is 10.9 Å². The number of urea groups is 1. The van der Waals surface area contributed by atoms with Crippen LogP contribution in [0, 0.1) is 0 Å². The molecule has 0 saturated heterocycles. The molecule has 0 unspecified atom stereocenters. The molecule has 0 aliphatic carbocycles. The van der Waals surface area contributed by atoms with E-state index < -0.39 is 0 Å². The predicted octanol–water partition coefficient (Wildman–Crippen LogP) is 4.44. The van der Waals surface area contributed by atoms with Crippen LogP contribution in [0.3, 0.4) is 0 Å². The molecule has 3 aromatic rings. The summed E-state index contributed by atoms with van der Waals surface area (Å²) in [5, 5.41) is 6.63. The highest BCUT2D eigenvalue weighted by Gasteiger charge is 2.06. The molecule has 1 aromatic heterocycles. The summed E-state index contributed by atoms with van der Waals surface area (Å²) in [5.74, 6) is 0. The summed E-state index contributed by atoms with van der Waals surface area (Å²) in [6.07, 6.45) is 2.67. The summed E-state index contributed by atoms with van der Waals surface area (Å²) in [7, 11) is 0. The molecule has 0 spiro atoms. The molecule has 0 bridgehead atoms. The van der Waals surface area contributed by atoms with Crippen molar-refractivity contribution in [3.05, 3.63) is 66.4 Å². The first-order valence-electron chi connectivity index (χ1n) is 7.27. The fourth-order valence-electron chi connectivity index (χ4n) is 2.31. The molecule has 2 amide bonds. The van der Waals surface area contributed by atoms with Crippen molar-refractivity contribution in [3.63, 3.8) is 0 Å². The number of fused-ring (bicyclic) bond motifs is 1. The molecule has 2 aromatic carbocycles. The van der Waals surface area contributed by atoms with Gasteiger partial charge in [0.25, 0.3) is 0 Å². The summed E-state index contributed by atoms with van der Waals surface area (Å²) >= 11 is 0. The van der Waals surface area contributed by atoms with E-state index in [2.05, 4.69) is 22.5 Å². The third-order valence-electron chi connectivity index (χ3n) is 3.52. The Morgan fingerprint density at radius 3 is 2.55 bits per heavy atom. The fourth-order valence-corrected chi connectivity index (χ4v) is 2.31. The van der Waals surface area contributed by atoms with Crippen LogP contribution < -0.4 is 10.6 Å². The number of aromatic nitrogens is 1. The van der Waals surface area contributed by atoms with Crippen molar-refractivity contribution in [2.45, 2.75) is 13.3 Å². The molecule has 110 valence electrons. The Bertz CT molecular complexity index is 792. The van der Waals surface area contributed by atoms with Crippen LogP contribution in [0.5, 0.6) is 0 Å². The van der Waals surface area contributed by atoms with Crippen molar-refractivity contribution in [1.29, 1.82) is 0 Å². The lowest BCUT2D eigenvalue weighted by Gasteiger charge is -2.10. The largest absolute Gasteiger partial charge is 0.323 e. The number of nitrogens with zero attached hydrogens (tertiary/aromatic N) is 1. The summed E-state index contributed by atoms with van der Waals surface area (Å²) in [6.45, 7) is 2.10. The van der Waals surface area contributed by atoms with Crippen molar-refractivity contribution in [2.24, 2.45) is 0 Å². The maximum Gasteiger partial charge on any atom is 0.323 e. The van der Waals surface area contributed by atoms with Gasteiger partial charge in [0.1, 0.15) is 0 Å². The number of carbonyl (C=O) groups excluding carboxylic acids is 1. The Kier molecular flexibility index (Phi) is 4.01. The molecule has 0 saturated carbocycles. The van der Waals surface area contributed by atoms with Gasteiger partial charge in [0.2, 0.25) is 0 Å². The third-order valence-corrected chi connectivity index (χ3v) is 3.52. The minimum atomic E-state index is -0.263. The van der Waals surface area contributed by atoms with Gasteiger partial charge in [-0.1, -0.05) is 37.3 Å². The molecule has 3 rings (SSSR count). The Balaban J connectivity index is 1.75. The van der Waals surface area contributed by atoms with E-state index >= 15 is 0 Å². The quantitative estimate of drug-likeness (QED) is 0.749. The molecule has 4 heteroatoms. The van der Waals surface area contributed by atoms with Gasteiger partial charge in [-0.25, -0.2) is 4.79 Å². The van der Waals surface area contributed by atoms with Crippen molar-refractivity contribution in [3.8, 4) is 0 Å². The average molecular weight is 291 g/mol. The molecule has 22 heavy (non-hydrogen) atoms. The second kappa shape index (κ2) is 6.26. The van der Waals surface area contributed by atoms with Crippen molar-refractivity contribution >= 4 is 28.3 Å². The van der Waals surface area contributed by atoms with Gasteiger partial charge in [-0.2, -0.15) is 0 Å². The first kappa shape index (κ1) is 14.1. The van der Waals surface area contributed by atoms with Crippen LogP contribution in [0.2, 0.25) is 0 Å². The molecule has 0 fully saturated rings. The van der Waals surface area contributed by atoms with Gasteiger partial charge in [-0.15, -0.1) is 0 Å². The second-order valence-electron chi connectivity index (χ2n) is 5.01. The van der Waals surface area contributed by atoms with E-state index in [0.29, 0.717) is 0 Å². The number of aryl methyl sites for hydroxylation is 1. The number of hydrogen-bond donors (Lipinski definition) is 2. The zero-order valence-corrected chi connectivity index (χ0v) is 12.3. The molecule has 0 aliphatic heterocycles. The number of rotatable bonds is 3. The van der Waals surface area contributed by atoms with Gasteiger partial charge in [-0.05, 0) is 36.2 Å². The number of benzene rings is 2. The molecule has 2 N–H and O–H groups in total. The highest BCUT2D eigenvalue weighted by molar-refractivity contribution is 6.05. The van der Waals surface area contributed by atoms with Gasteiger partial charge in [0.15, 0.2) is 0 Å². The van der Waals surface area contributed by atoms with E-state index in [1.54, 1.807) is 12.3 Å². The lowest BCUT2D eigenvalue weighted by Crippen LogP contribution is -2.19. The van der Waals surface area contributed by atoms with E-state index in [-0.39, 0.29) is 6.03 Å². The Labute approximate surface area is 129 Å². The van der Waals surface area contributed by atoms with Crippen molar-refractivity contribution < 1.29 is 4.79 Å². The number of pyridine rings is 1. The Hall–Kier alpha value is -2.88. The number of para-hydroxylation sites is 1. The van der Waals surface area contributed by atoms with Crippen LogP contribution in [0.1, 0.15) is 12.5 Å². The van der Waals surface area contributed by atoms with Gasteiger partial charge >= 0.3 is 6.03 Å². The Morgan fingerprint density at radius 2 is 1.77 bits per heavy atom. The summed E-state index contributed by atoms with van der Waals surface area (Å²) in [5.41, 5.74) is 3.61. The van der Waals surface area contributed by atoms with Crippen molar-refractivity contribution in [2.75, 3.05) is 10.6 Å². The number of hydrogen-bond acceptors (Lipinski definition) is 2. The average Bonchev–Trinajstić information content (AvgIpc) is 2.56. The molecule has 0 radical (unpaired) electrons. The number of anilines is 2. The van der Waals surface area contributed by atoms with E-state index in [4.69, 9.17) is 0 Å². The van der Waals surface area contributed by atoms with E-state index in [0.717, 1.165) is 28.7 Å². The van der Waals surface area contributed by atoms with Crippen molar-refractivity contribution in [1.82, 2.24) is 4.98 Å². The van der Waals surface area contributed by atoms with Gasteiger partial charge in [0, 0.05) is 17.3 Å². The number of nitrogens with one attached hydrogen (secondary N) is 2. The summed E-state index contributed by atoms with van der Waals surface area (Å²) in [6, 6.07) is 17.1. The lowest BCUT2D eigenvalue weighted by molar-refractivity contribution is 0.262. The highest BCUT2D eigenvalue weighted by atomic mass is 16.2. The number of amides is 2. The lowest BCUT2D eigenvalue weighted by atomic mass is 10.1. The molecule has 1 heterocycles. The van der Waals surface area contributed by atoms with E-state index in [1.807, 2.05) is 48.5 Å². The van der Waals surface area contributed by atoms with E-state index in [1.165, 1.54) is 5.56 Å². The minimum absolute atomic E-state index is 0.263. The van der Waals surface area contributed by atoms with Gasteiger partial charge in [0.05, 0.1) is 11.2 Å². The van der Waals surface area contributed by atoms with Gasteiger partial charge in [-0.3, -0.25) is 4.98 Å². The molecular weight excluding hydrogens is 274 g/mol. The zero-order valence-electron chi connectivity index (χ0n) is 12.3. The first-order valence-corrected chi connectivity index (χ1v) is 7.27. The van der Waals surface area contributed by atoms with Gasteiger partial charge < -0.3 is 10.6 Å². The van der Waals surface area contributed by atoms with Crippen LogP contribution in [0.15, 0.2) is 60.8 Å². The Morgan fingerprint density at radius 1 is 1.00 bits per heavy atom. The molecule has 4 nitrogen and oxygen atoms in total. The van der Waals surface area contributed by atoms with Crippen LogP contribution in [0.4, 0.5) is 16.2 Å². The standard InChI is InChI=1S/C18H17N3O/c1-2-13-7-9-14(10-8-13)20-18(22)21-17-11-12-19-16-6-4-3-5-15(16)17/h3-12H,2H2,1H3,(H2,19,20,21,22). The zero-order chi connectivity index (χ0) is 15.4. The first-order chi connectivity index (χ1) is 10.8. The third kappa shape index (κ3) is 3.06. The predicted molar refractivity (Wildman–Crippen MR) is 90.2 cm³/mol. The van der Waals surface area contributed by atoms with Crippen LogP contribution in [-0.2, 0) is 6.42 Å². The van der Waals surface area contributed by atoms with Crippen LogP contribution in [-0.4, -0.2) is 11.0 Å². The molecular formula is C18H17N3O. The van der Waals surface area contributed by atoms with Crippen LogP contribution >= 0.6 is 0 Å². The maximum absolute atomic E-state index is 12.1. The summed E-state index contributed by atoms with van der Waals surface area (Å²) < 4.78 is 0. The number of carbonyl (C=O) groups is 1. The SMILES string of the molecule is CCc1ccc(NC(=O)Nc2ccnc3ccccc23)cc1. The molecule has 0 atom stereocenters. The van der Waals surface area contributed by atoms with E-state index in [9.17, 15) is 4.79 Å². The monoisotopic (exact) mass is 291 g/mol. The molecule has 0 aliphatic rings. The minimum Gasteiger partial charge on any atom is -0.308 e. The highest BCUT2D eigenvalue weighted by Crippen LogP contribution is 2.21.